The molecular formula is C14H18ClFO. The van der Waals surface area contributed by atoms with Gasteiger partial charge in [0, 0.05) is 17.0 Å². The van der Waals surface area contributed by atoms with Crippen LogP contribution in [0.3, 0.4) is 0 Å². The maximum Gasteiger partial charge on any atom is 0.127 e. The Labute approximate surface area is 107 Å². The fourth-order valence-electron chi connectivity index (χ4n) is 2.75. The van der Waals surface area contributed by atoms with Crippen molar-refractivity contribution < 1.29 is 9.50 Å². The molecule has 1 aliphatic rings. The minimum absolute atomic E-state index is 0.314. The monoisotopic (exact) mass is 256 g/mol. The summed E-state index contributed by atoms with van der Waals surface area (Å²) in [6, 6.07) is 4.67. The molecule has 1 aromatic carbocycles. The first-order valence-corrected chi connectivity index (χ1v) is 6.57. The summed E-state index contributed by atoms with van der Waals surface area (Å²) in [6.07, 6.45) is 3.94. The molecule has 1 saturated carbocycles. The van der Waals surface area contributed by atoms with E-state index in [0.29, 0.717) is 22.9 Å². The summed E-state index contributed by atoms with van der Waals surface area (Å²) in [5.41, 5.74) is -0.319. The first kappa shape index (κ1) is 12.8. The fraction of sp³-hybridized carbons (Fsp3) is 0.571. The van der Waals surface area contributed by atoms with Gasteiger partial charge in [0.05, 0.1) is 5.60 Å². The van der Waals surface area contributed by atoms with Crippen LogP contribution in [-0.2, 0) is 6.42 Å². The molecule has 0 aliphatic heterocycles. The number of benzene rings is 1. The summed E-state index contributed by atoms with van der Waals surface area (Å²) < 4.78 is 13.7. The Morgan fingerprint density at radius 3 is 2.88 bits per heavy atom. The van der Waals surface area contributed by atoms with Crippen LogP contribution < -0.4 is 0 Å². The molecule has 1 fully saturated rings. The summed E-state index contributed by atoms with van der Waals surface area (Å²) in [6.45, 7) is 2.13. The zero-order valence-electron chi connectivity index (χ0n) is 10.0. The zero-order chi connectivity index (χ0) is 12.5. The van der Waals surface area contributed by atoms with Crippen LogP contribution in [-0.4, -0.2) is 10.7 Å². The molecule has 1 aliphatic carbocycles. The average Bonchev–Trinajstić information content (AvgIpc) is 2.66. The highest BCUT2D eigenvalue weighted by atomic mass is 35.5. The number of hydrogen-bond acceptors (Lipinski definition) is 1. The Hall–Kier alpha value is -0.600. The number of aliphatic hydroxyl groups is 1. The molecule has 1 aromatic rings. The van der Waals surface area contributed by atoms with Gasteiger partial charge in [-0.1, -0.05) is 31.0 Å². The maximum atomic E-state index is 13.7. The highest BCUT2D eigenvalue weighted by Gasteiger charge is 2.37. The van der Waals surface area contributed by atoms with Gasteiger partial charge in [0.25, 0.3) is 0 Å². The Balaban J connectivity index is 2.16. The molecule has 3 heteroatoms. The minimum atomic E-state index is -0.771. The molecule has 0 spiro atoms. The van der Waals surface area contributed by atoms with Crippen LogP contribution in [0.25, 0.3) is 0 Å². The van der Waals surface area contributed by atoms with Crippen molar-refractivity contribution in [3.05, 3.63) is 34.6 Å². The number of rotatable bonds is 3. The normalized spacial score (nSPS) is 28.6. The van der Waals surface area contributed by atoms with E-state index in [1.165, 1.54) is 6.07 Å². The summed E-state index contributed by atoms with van der Waals surface area (Å²) in [5, 5.41) is 10.9. The van der Waals surface area contributed by atoms with Gasteiger partial charge in [0.2, 0.25) is 0 Å². The van der Waals surface area contributed by atoms with E-state index in [1.807, 2.05) is 0 Å². The van der Waals surface area contributed by atoms with Gasteiger partial charge in [-0.15, -0.1) is 0 Å². The van der Waals surface area contributed by atoms with Gasteiger partial charge >= 0.3 is 0 Å². The predicted molar refractivity (Wildman–Crippen MR) is 67.7 cm³/mol. The van der Waals surface area contributed by atoms with Crippen LogP contribution in [0, 0.1) is 11.7 Å². The second-order valence-electron chi connectivity index (χ2n) is 5.12. The quantitative estimate of drug-likeness (QED) is 0.868. The lowest BCUT2D eigenvalue weighted by Gasteiger charge is -2.23. The van der Waals surface area contributed by atoms with E-state index < -0.39 is 5.60 Å². The first-order valence-electron chi connectivity index (χ1n) is 6.19. The molecule has 2 atom stereocenters. The summed E-state index contributed by atoms with van der Waals surface area (Å²) >= 11 is 5.99. The number of hydrogen-bond donors (Lipinski definition) is 1. The first-order chi connectivity index (χ1) is 8.04. The van der Waals surface area contributed by atoms with Crippen LogP contribution in [0.4, 0.5) is 4.39 Å². The van der Waals surface area contributed by atoms with Gasteiger partial charge in [-0.2, -0.15) is 0 Å². The van der Waals surface area contributed by atoms with Crippen molar-refractivity contribution in [2.45, 2.75) is 44.6 Å². The molecule has 0 aromatic heterocycles. The lowest BCUT2D eigenvalue weighted by molar-refractivity contribution is 0.0428. The lowest BCUT2D eigenvalue weighted by atomic mass is 9.91. The molecule has 0 heterocycles. The van der Waals surface area contributed by atoms with Crippen molar-refractivity contribution in [3.8, 4) is 0 Å². The highest BCUT2D eigenvalue weighted by molar-refractivity contribution is 6.31. The average molecular weight is 257 g/mol. The molecule has 94 valence electrons. The van der Waals surface area contributed by atoms with E-state index in [1.54, 1.807) is 12.1 Å². The molecule has 1 N–H and O–H groups in total. The summed E-state index contributed by atoms with van der Waals surface area (Å²) in [7, 11) is 0. The lowest BCUT2D eigenvalue weighted by Crippen LogP contribution is -2.28. The second kappa shape index (κ2) is 4.95. The Morgan fingerprint density at radius 1 is 1.53 bits per heavy atom. The van der Waals surface area contributed by atoms with E-state index in [4.69, 9.17) is 11.6 Å². The van der Waals surface area contributed by atoms with Crippen molar-refractivity contribution in [2.24, 2.45) is 5.92 Å². The Kier molecular flexibility index (Phi) is 3.74. The Morgan fingerprint density at radius 2 is 2.29 bits per heavy atom. The molecule has 0 bridgehead atoms. The second-order valence-corrected chi connectivity index (χ2v) is 5.53. The van der Waals surface area contributed by atoms with E-state index in [0.717, 1.165) is 25.7 Å². The van der Waals surface area contributed by atoms with Gasteiger partial charge < -0.3 is 5.11 Å². The van der Waals surface area contributed by atoms with Crippen molar-refractivity contribution in [3.63, 3.8) is 0 Å². The van der Waals surface area contributed by atoms with Crippen molar-refractivity contribution >= 4 is 11.6 Å². The van der Waals surface area contributed by atoms with Crippen molar-refractivity contribution in [2.75, 3.05) is 0 Å². The fourth-order valence-corrected chi connectivity index (χ4v) is 2.98. The van der Waals surface area contributed by atoms with Crippen molar-refractivity contribution in [1.29, 1.82) is 0 Å². The third kappa shape index (κ3) is 2.80. The SMILES string of the molecule is CCC1CCC(O)(Cc2c(F)cccc2Cl)C1. The van der Waals surface area contributed by atoms with Crippen LogP contribution in [0.2, 0.25) is 5.02 Å². The minimum Gasteiger partial charge on any atom is -0.390 e. The van der Waals surface area contributed by atoms with Crippen LogP contribution >= 0.6 is 11.6 Å². The largest absolute Gasteiger partial charge is 0.390 e. The molecule has 0 saturated heterocycles. The zero-order valence-corrected chi connectivity index (χ0v) is 10.8. The molecule has 0 radical (unpaired) electrons. The topological polar surface area (TPSA) is 20.2 Å². The standard InChI is InChI=1S/C14H18ClFO/c1-2-10-6-7-14(17,8-10)9-11-12(15)4-3-5-13(11)16/h3-5,10,17H,2,6-9H2,1H3. The third-order valence-corrected chi connectivity index (χ3v) is 4.19. The third-order valence-electron chi connectivity index (χ3n) is 3.83. The van der Waals surface area contributed by atoms with Gasteiger partial charge in [0.15, 0.2) is 0 Å². The number of halogens is 2. The van der Waals surface area contributed by atoms with Gasteiger partial charge in [-0.25, -0.2) is 4.39 Å². The summed E-state index contributed by atoms with van der Waals surface area (Å²) in [4.78, 5) is 0. The summed E-state index contributed by atoms with van der Waals surface area (Å²) in [5.74, 6) is 0.247. The van der Waals surface area contributed by atoms with Crippen LogP contribution in [0.15, 0.2) is 18.2 Å². The van der Waals surface area contributed by atoms with E-state index >= 15 is 0 Å². The van der Waals surface area contributed by atoms with E-state index in [2.05, 4.69) is 6.92 Å². The predicted octanol–water partition coefficient (Wildman–Crippen LogP) is 3.96. The highest BCUT2D eigenvalue weighted by Crippen LogP contribution is 2.39. The van der Waals surface area contributed by atoms with Crippen LogP contribution in [0.5, 0.6) is 0 Å². The van der Waals surface area contributed by atoms with Gasteiger partial charge in [-0.3, -0.25) is 0 Å². The Bertz CT molecular complexity index is 387. The smallest absolute Gasteiger partial charge is 0.127 e. The molecule has 1 nitrogen and oxygen atoms in total. The van der Waals surface area contributed by atoms with Gasteiger partial charge in [-0.05, 0) is 37.3 Å². The molecule has 2 rings (SSSR count). The van der Waals surface area contributed by atoms with E-state index in [-0.39, 0.29) is 5.82 Å². The van der Waals surface area contributed by atoms with Crippen LogP contribution in [0.1, 0.15) is 38.2 Å². The maximum absolute atomic E-state index is 13.7. The van der Waals surface area contributed by atoms with E-state index in [9.17, 15) is 9.50 Å². The van der Waals surface area contributed by atoms with Gasteiger partial charge in [0.1, 0.15) is 5.82 Å². The molecule has 17 heavy (non-hydrogen) atoms. The molecule has 0 amide bonds. The van der Waals surface area contributed by atoms with Crippen molar-refractivity contribution in [1.82, 2.24) is 0 Å². The molecule has 2 unspecified atom stereocenters. The molecular weight excluding hydrogens is 239 g/mol.